The van der Waals surface area contributed by atoms with Crippen molar-refractivity contribution in [1.82, 2.24) is 10.2 Å². The van der Waals surface area contributed by atoms with Gasteiger partial charge in [0.2, 0.25) is 0 Å². The Labute approximate surface area is 119 Å². The van der Waals surface area contributed by atoms with Gasteiger partial charge in [0, 0.05) is 25.7 Å². The van der Waals surface area contributed by atoms with E-state index in [9.17, 15) is 0 Å². The van der Waals surface area contributed by atoms with E-state index in [4.69, 9.17) is 4.74 Å². The maximum Gasteiger partial charge on any atom is 0.0586 e. The van der Waals surface area contributed by atoms with Crippen molar-refractivity contribution >= 4 is 0 Å². The fourth-order valence-electron chi connectivity index (χ4n) is 3.93. The third-order valence-corrected chi connectivity index (χ3v) is 5.17. The molecular formula is C16H32N2O. The molecule has 112 valence electrons. The van der Waals surface area contributed by atoms with Crippen molar-refractivity contribution in [3.63, 3.8) is 0 Å². The summed E-state index contributed by atoms with van der Waals surface area (Å²) in [4.78, 5) is 2.76. The van der Waals surface area contributed by atoms with E-state index in [0.717, 1.165) is 18.5 Å². The van der Waals surface area contributed by atoms with Crippen LogP contribution in [0.25, 0.3) is 0 Å². The summed E-state index contributed by atoms with van der Waals surface area (Å²) in [5.74, 6) is 0.830. The SMILES string of the molecule is CCNC(C)C1CCCN(C2CCCC(OC)C2)C1. The van der Waals surface area contributed by atoms with E-state index < -0.39 is 0 Å². The predicted octanol–water partition coefficient (Wildman–Crippen LogP) is 2.65. The number of rotatable bonds is 5. The summed E-state index contributed by atoms with van der Waals surface area (Å²) in [5.41, 5.74) is 0. The molecule has 2 fully saturated rings. The van der Waals surface area contributed by atoms with Crippen LogP contribution in [0.4, 0.5) is 0 Å². The average Bonchev–Trinajstić information content (AvgIpc) is 2.48. The molecule has 3 nitrogen and oxygen atoms in total. The van der Waals surface area contributed by atoms with Gasteiger partial charge >= 0.3 is 0 Å². The van der Waals surface area contributed by atoms with Crippen molar-refractivity contribution in [2.45, 2.75) is 70.6 Å². The monoisotopic (exact) mass is 268 g/mol. The summed E-state index contributed by atoms with van der Waals surface area (Å²) in [6.07, 6.45) is 8.50. The Morgan fingerprint density at radius 3 is 2.84 bits per heavy atom. The maximum absolute atomic E-state index is 5.59. The summed E-state index contributed by atoms with van der Waals surface area (Å²) in [5, 5.41) is 3.61. The minimum absolute atomic E-state index is 0.505. The van der Waals surface area contributed by atoms with Gasteiger partial charge in [0.1, 0.15) is 0 Å². The van der Waals surface area contributed by atoms with Crippen molar-refractivity contribution in [3.8, 4) is 0 Å². The third-order valence-electron chi connectivity index (χ3n) is 5.17. The first-order chi connectivity index (χ1) is 9.24. The van der Waals surface area contributed by atoms with E-state index in [0.29, 0.717) is 12.1 Å². The molecule has 19 heavy (non-hydrogen) atoms. The van der Waals surface area contributed by atoms with Crippen molar-refractivity contribution in [3.05, 3.63) is 0 Å². The lowest BCUT2D eigenvalue weighted by molar-refractivity contribution is 0.0122. The number of nitrogens with zero attached hydrogens (tertiary/aromatic N) is 1. The molecule has 2 aliphatic rings. The second kappa shape index (κ2) is 7.61. The highest BCUT2D eigenvalue weighted by molar-refractivity contribution is 4.87. The lowest BCUT2D eigenvalue weighted by Gasteiger charge is -2.43. The Hall–Kier alpha value is -0.120. The Morgan fingerprint density at radius 1 is 1.26 bits per heavy atom. The second-order valence-electron chi connectivity index (χ2n) is 6.42. The fraction of sp³-hybridized carbons (Fsp3) is 1.00. The van der Waals surface area contributed by atoms with Gasteiger partial charge in [-0.05, 0) is 64.5 Å². The zero-order valence-electron chi connectivity index (χ0n) is 13.0. The first-order valence-corrected chi connectivity index (χ1v) is 8.24. The number of ether oxygens (including phenoxy) is 1. The highest BCUT2D eigenvalue weighted by Crippen LogP contribution is 2.29. The summed E-state index contributed by atoms with van der Waals surface area (Å²) < 4.78 is 5.59. The van der Waals surface area contributed by atoms with Gasteiger partial charge in [-0.2, -0.15) is 0 Å². The largest absolute Gasteiger partial charge is 0.381 e. The lowest BCUT2D eigenvalue weighted by Crippen LogP contribution is -2.49. The van der Waals surface area contributed by atoms with E-state index in [1.54, 1.807) is 0 Å². The van der Waals surface area contributed by atoms with Gasteiger partial charge in [0.15, 0.2) is 0 Å². The molecule has 0 bridgehead atoms. The van der Waals surface area contributed by atoms with Crippen LogP contribution in [-0.2, 0) is 4.74 Å². The zero-order valence-corrected chi connectivity index (χ0v) is 13.0. The fourth-order valence-corrected chi connectivity index (χ4v) is 3.93. The number of nitrogens with one attached hydrogen (secondary N) is 1. The zero-order chi connectivity index (χ0) is 13.7. The molecule has 1 saturated heterocycles. The number of hydrogen-bond acceptors (Lipinski definition) is 3. The van der Waals surface area contributed by atoms with Gasteiger partial charge in [-0.25, -0.2) is 0 Å². The Bertz CT molecular complexity index is 259. The summed E-state index contributed by atoms with van der Waals surface area (Å²) >= 11 is 0. The number of hydrogen-bond donors (Lipinski definition) is 1. The Balaban J connectivity index is 1.86. The Kier molecular flexibility index (Phi) is 6.11. The molecule has 0 radical (unpaired) electrons. The van der Waals surface area contributed by atoms with Crippen LogP contribution in [-0.4, -0.2) is 49.8 Å². The molecule has 1 aliphatic heterocycles. The molecule has 0 spiro atoms. The molecule has 0 aromatic carbocycles. The molecule has 4 atom stereocenters. The van der Waals surface area contributed by atoms with E-state index >= 15 is 0 Å². The van der Waals surface area contributed by atoms with Crippen LogP contribution >= 0.6 is 0 Å². The molecule has 0 aromatic rings. The van der Waals surface area contributed by atoms with E-state index in [-0.39, 0.29) is 0 Å². The first-order valence-electron chi connectivity index (χ1n) is 8.24. The Morgan fingerprint density at radius 2 is 2.11 bits per heavy atom. The quantitative estimate of drug-likeness (QED) is 0.829. The molecule has 1 saturated carbocycles. The van der Waals surface area contributed by atoms with Crippen LogP contribution in [0.5, 0.6) is 0 Å². The van der Waals surface area contributed by atoms with Crippen LogP contribution < -0.4 is 5.32 Å². The molecule has 1 heterocycles. The molecule has 4 unspecified atom stereocenters. The van der Waals surface area contributed by atoms with Crippen LogP contribution in [0, 0.1) is 5.92 Å². The molecule has 3 heteroatoms. The van der Waals surface area contributed by atoms with E-state index in [2.05, 4.69) is 24.1 Å². The third kappa shape index (κ3) is 4.17. The van der Waals surface area contributed by atoms with Crippen molar-refractivity contribution < 1.29 is 4.74 Å². The highest BCUT2D eigenvalue weighted by Gasteiger charge is 2.31. The number of likely N-dealkylation sites (tertiary alicyclic amines) is 1. The van der Waals surface area contributed by atoms with Gasteiger partial charge in [-0.15, -0.1) is 0 Å². The van der Waals surface area contributed by atoms with Crippen LogP contribution in [0.3, 0.4) is 0 Å². The molecular weight excluding hydrogens is 236 g/mol. The van der Waals surface area contributed by atoms with E-state index in [1.165, 1.54) is 51.6 Å². The average molecular weight is 268 g/mol. The lowest BCUT2D eigenvalue weighted by atomic mass is 9.86. The molecule has 2 rings (SSSR count). The summed E-state index contributed by atoms with van der Waals surface area (Å²) in [7, 11) is 1.87. The molecule has 1 N–H and O–H groups in total. The standard InChI is InChI=1S/C16H32N2O/c1-4-17-13(2)14-7-6-10-18(12-14)15-8-5-9-16(11-15)19-3/h13-17H,4-12H2,1-3H3. The summed E-state index contributed by atoms with van der Waals surface area (Å²) in [6, 6.07) is 1.44. The first kappa shape index (κ1) is 15.3. The smallest absolute Gasteiger partial charge is 0.0586 e. The molecule has 1 aliphatic carbocycles. The minimum Gasteiger partial charge on any atom is -0.381 e. The number of methoxy groups -OCH3 is 1. The van der Waals surface area contributed by atoms with Crippen molar-refractivity contribution in [2.24, 2.45) is 5.92 Å². The van der Waals surface area contributed by atoms with Gasteiger partial charge < -0.3 is 10.1 Å². The van der Waals surface area contributed by atoms with Crippen LogP contribution in [0.1, 0.15) is 52.4 Å². The van der Waals surface area contributed by atoms with E-state index in [1.807, 2.05) is 7.11 Å². The second-order valence-corrected chi connectivity index (χ2v) is 6.42. The molecule has 0 amide bonds. The topological polar surface area (TPSA) is 24.5 Å². The summed E-state index contributed by atoms with van der Waals surface area (Å²) in [6.45, 7) is 8.25. The van der Waals surface area contributed by atoms with Crippen LogP contribution in [0.2, 0.25) is 0 Å². The minimum atomic E-state index is 0.505. The van der Waals surface area contributed by atoms with Crippen molar-refractivity contribution in [2.75, 3.05) is 26.7 Å². The van der Waals surface area contributed by atoms with Gasteiger partial charge in [0.25, 0.3) is 0 Å². The number of piperidine rings is 1. The highest BCUT2D eigenvalue weighted by atomic mass is 16.5. The predicted molar refractivity (Wildman–Crippen MR) is 80.5 cm³/mol. The van der Waals surface area contributed by atoms with Gasteiger partial charge in [-0.3, -0.25) is 4.90 Å². The van der Waals surface area contributed by atoms with Gasteiger partial charge in [0.05, 0.1) is 6.10 Å². The maximum atomic E-state index is 5.59. The normalized spacial score (nSPS) is 35.2. The van der Waals surface area contributed by atoms with Gasteiger partial charge in [-0.1, -0.05) is 6.92 Å². The van der Waals surface area contributed by atoms with Crippen molar-refractivity contribution in [1.29, 1.82) is 0 Å². The molecule has 0 aromatic heterocycles. The van der Waals surface area contributed by atoms with Crippen LogP contribution in [0.15, 0.2) is 0 Å².